The van der Waals surface area contributed by atoms with Crippen LogP contribution in [-0.4, -0.2) is 12.1 Å². The fourth-order valence-electron chi connectivity index (χ4n) is 3.36. The van der Waals surface area contributed by atoms with Crippen LogP contribution in [0.4, 0.5) is 0 Å². The average Bonchev–Trinajstić information content (AvgIpc) is 2.36. The number of carbonyl (C=O) groups excluding carboxylic acids is 1. The number of rotatable bonds is 5. The topological polar surface area (TPSA) is 26.3 Å². The van der Waals surface area contributed by atoms with E-state index in [0.29, 0.717) is 10.8 Å². The second-order valence-corrected chi connectivity index (χ2v) is 6.97. The molecule has 0 aromatic heterocycles. The van der Waals surface area contributed by atoms with E-state index in [-0.39, 0.29) is 12.1 Å². The molecular formula is C17H30O2. The van der Waals surface area contributed by atoms with Gasteiger partial charge >= 0.3 is 5.97 Å². The number of esters is 1. The van der Waals surface area contributed by atoms with Gasteiger partial charge in [-0.15, -0.1) is 0 Å². The van der Waals surface area contributed by atoms with E-state index in [9.17, 15) is 4.79 Å². The SMILES string of the molecule is C=CC(=O)OC1CCC(CCCC)(C(C)(C)C)CC1. The van der Waals surface area contributed by atoms with E-state index in [0.717, 1.165) is 12.8 Å². The molecule has 0 amide bonds. The molecule has 0 bridgehead atoms. The zero-order valence-corrected chi connectivity index (χ0v) is 13.1. The van der Waals surface area contributed by atoms with Gasteiger partial charge in [0.05, 0.1) is 0 Å². The third-order valence-electron chi connectivity index (χ3n) is 4.94. The largest absolute Gasteiger partial charge is 0.459 e. The summed E-state index contributed by atoms with van der Waals surface area (Å²) in [5.41, 5.74) is 0.746. The first-order chi connectivity index (χ1) is 8.84. The van der Waals surface area contributed by atoms with Crippen molar-refractivity contribution in [3.8, 4) is 0 Å². The van der Waals surface area contributed by atoms with Crippen molar-refractivity contribution in [2.45, 2.75) is 78.7 Å². The van der Waals surface area contributed by atoms with Crippen LogP contribution in [-0.2, 0) is 9.53 Å². The molecule has 0 unspecified atom stereocenters. The van der Waals surface area contributed by atoms with Crippen molar-refractivity contribution in [3.63, 3.8) is 0 Å². The van der Waals surface area contributed by atoms with Gasteiger partial charge in [-0.25, -0.2) is 4.79 Å². The van der Waals surface area contributed by atoms with Crippen molar-refractivity contribution < 1.29 is 9.53 Å². The zero-order chi connectivity index (χ0) is 14.5. The first kappa shape index (κ1) is 16.3. The van der Waals surface area contributed by atoms with Gasteiger partial charge in [-0.05, 0) is 42.9 Å². The lowest BCUT2D eigenvalue weighted by Gasteiger charge is -2.49. The van der Waals surface area contributed by atoms with Crippen LogP contribution in [0.25, 0.3) is 0 Å². The summed E-state index contributed by atoms with van der Waals surface area (Å²) in [5, 5.41) is 0. The van der Waals surface area contributed by atoms with E-state index in [2.05, 4.69) is 34.3 Å². The summed E-state index contributed by atoms with van der Waals surface area (Å²) in [6.45, 7) is 12.8. The smallest absolute Gasteiger partial charge is 0.330 e. The predicted octanol–water partition coefficient (Wildman–Crippen LogP) is 4.88. The average molecular weight is 266 g/mol. The summed E-state index contributed by atoms with van der Waals surface area (Å²) >= 11 is 0. The summed E-state index contributed by atoms with van der Waals surface area (Å²) in [4.78, 5) is 11.3. The second-order valence-electron chi connectivity index (χ2n) is 6.97. The molecule has 0 N–H and O–H groups in total. The Labute approximate surface area is 118 Å². The molecule has 2 heteroatoms. The highest BCUT2D eigenvalue weighted by Gasteiger charge is 2.44. The summed E-state index contributed by atoms with van der Waals surface area (Å²) in [7, 11) is 0. The van der Waals surface area contributed by atoms with E-state index < -0.39 is 0 Å². The Hall–Kier alpha value is -0.790. The fraction of sp³-hybridized carbons (Fsp3) is 0.824. The van der Waals surface area contributed by atoms with Crippen molar-refractivity contribution in [1.29, 1.82) is 0 Å². The van der Waals surface area contributed by atoms with E-state index in [4.69, 9.17) is 4.74 Å². The van der Waals surface area contributed by atoms with E-state index in [1.165, 1.54) is 38.2 Å². The Morgan fingerprint density at radius 2 is 1.95 bits per heavy atom. The molecule has 0 atom stereocenters. The van der Waals surface area contributed by atoms with Crippen LogP contribution >= 0.6 is 0 Å². The van der Waals surface area contributed by atoms with Crippen LogP contribution in [0.2, 0.25) is 0 Å². The molecule has 0 aromatic carbocycles. The third kappa shape index (κ3) is 4.09. The number of hydrogen-bond donors (Lipinski definition) is 0. The van der Waals surface area contributed by atoms with Crippen LogP contribution in [0.1, 0.15) is 72.6 Å². The first-order valence-corrected chi connectivity index (χ1v) is 7.68. The molecule has 1 aliphatic rings. The van der Waals surface area contributed by atoms with Crippen LogP contribution in [0.15, 0.2) is 12.7 Å². The zero-order valence-electron chi connectivity index (χ0n) is 13.1. The number of ether oxygens (including phenoxy) is 1. The quantitative estimate of drug-likeness (QED) is 0.523. The summed E-state index contributed by atoms with van der Waals surface area (Å²) in [6.07, 6.45) is 9.57. The van der Waals surface area contributed by atoms with Crippen LogP contribution in [0.5, 0.6) is 0 Å². The number of unbranched alkanes of at least 4 members (excludes halogenated alkanes) is 1. The molecule has 0 radical (unpaired) electrons. The van der Waals surface area contributed by atoms with Gasteiger partial charge in [0, 0.05) is 6.08 Å². The molecule has 0 saturated heterocycles. The first-order valence-electron chi connectivity index (χ1n) is 7.68. The maximum atomic E-state index is 11.3. The highest BCUT2D eigenvalue weighted by atomic mass is 16.5. The summed E-state index contributed by atoms with van der Waals surface area (Å²) in [6, 6.07) is 0. The Bertz CT molecular complexity index is 304. The van der Waals surface area contributed by atoms with E-state index in [1.807, 2.05) is 0 Å². The predicted molar refractivity (Wildman–Crippen MR) is 80.0 cm³/mol. The second kappa shape index (κ2) is 6.58. The molecule has 0 aromatic rings. The van der Waals surface area contributed by atoms with Gasteiger partial charge in [0.15, 0.2) is 0 Å². The lowest BCUT2D eigenvalue weighted by molar-refractivity contribution is -0.147. The van der Waals surface area contributed by atoms with Gasteiger partial charge in [-0.3, -0.25) is 0 Å². The van der Waals surface area contributed by atoms with Crippen LogP contribution in [0, 0.1) is 10.8 Å². The lowest BCUT2D eigenvalue weighted by Crippen LogP contribution is -2.41. The molecule has 0 aliphatic heterocycles. The van der Waals surface area contributed by atoms with Crippen LogP contribution < -0.4 is 0 Å². The molecule has 2 nitrogen and oxygen atoms in total. The van der Waals surface area contributed by atoms with Crippen LogP contribution in [0.3, 0.4) is 0 Å². The Morgan fingerprint density at radius 1 is 1.37 bits per heavy atom. The number of hydrogen-bond acceptors (Lipinski definition) is 2. The van der Waals surface area contributed by atoms with Crippen molar-refractivity contribution in [2.75, 3.05) is 0 Å². The fourth-order valence-corrected chi connectivity index (χ4v) is 3.36. The standard InChI is InChI=1S/C17H30O2/c1-6-8-11-17(16(3,4)5)12-9-14(10-13-17)19-15(18)7-2/h7,14H,2,6,8-13H2,1,3-5H3. The Kier molecular flexibility index (Phi) is 5.64. The van der Waals surface area contributed by atoms with Crippen molar-refractivity contribution in [3.05, 3.63) is 12.7 Å². The van der Waals surface area contributed by atoms with E-state index >= 15 is 0 Å². The van der Waals surface area contributed by atoms with Gasteiger partial charge < -0.3 is 4.74 Å². The van der Waals surface area contributed by atoms with Gasteiger partial charge in [-0.2, -0.15) is 0 Å². The number of carbonyl (C=O) groups is 1. The molecular weight excluding hydrogens is 236 g/mol. The van der Waals surface area contributed by atoms with Crippen molar-refractivity contribution >= 4 is 5.97 Å². The molecule has 0 heterocycles. The summed E-state index contributed by atoms with van der Waals surface area (Å²) < 4.78 is 5.39. The molecule has 1 rings (SSSR count). The Morgan fingerprint density at radius 3 is 2.37 bits per heavy atom. The molecule has 1 fully saturated rings. The lowest BCUT2D eigenvalue weighted by atomic mass is 9.57. The maximum Gasteiger partial charge on any atom is 0.330 e. The highest BCUT2D eigenvalue weighted by molar-refractivity contribution is 5.81. The normalized spacial score (nSPS) is 27.9. The third-order valence-corrected chi connectivity index (χ3v) is 4.94. The van der Waals surface area contributed by atoms with E-state index in [1.54, 1.807) is 0 Å². The monoisotopic (exact) mass is 266 g/mol. The molecule has 1 aliphatic carbocycles. The van der Waals surface area contributed by atoms with Gasteiger partial charge in [0.2, 0.25) is 0 Å². The minimum absolute atomic E-state index is 0.0996. The molecule has 0 spiro atoms. The minimum Gasteiger partial charge on any atom is -0.459 e. The Balaban J connectivity index is 2.64. The molecule has 19 heavy (non-hydrogen) atoms. The molecule has 110 valence electrons. The minimum atomic E-state index is -0.276. The van der Waals surface area contributed by atoms with Gasteiger partial charge in [0.1, 0.15) is 6.10 Å². The van der Waals surface area contributed by atoms with Gasteiger partial charge in [-0.1, -0.05) is 47.1 Å². The van der Waals surface area contributed by atoms with Crippen molar-refractivity contribution in [1.82, 2.24) is 0 Å². The van der Waals surface area contributed by atoms with Crippen molar-refractivity contribution in [2.24, 2.45) is 10.8 Å². The highest BCUT2D eigenvalue weighted by Crippen LogP contribution is 2.53. The van der Waals surface area contributed by atoms with Gasteiger partial charge in [0.25, 0.3) is 0 Å². The summed E-state index contributed by atoms with van der Waals surface area (Å²) in [5.74, 6) is -0.276. The molecule has 1 saturated carbocycles. The maximum absolute atomic E-state index is 11.3.